The van der Waals surface area contributed by atoms with Gasteiger partial charge < -0.3 is 10.2 Å². The minimum Gasteiger partial charge on any atom is -0.355 e. The Labute approximate surface area is 220 Å². The number of carbonyl (C=O) groups is 2. The molecule has 37 heavy (non-hydrogen) atoms. The predicted octanol–water partition coefficient (Wildman–Crippen LogP) is 4.36. The molecule has 0 unspecified atom stereocenters. The van der Waals surface area contributed by atoms with Gasteiger partial charge in [0.25, 0.3) is 10.0 Å². The highest BCUT2D eigenvalue weighted by molar-refractivity contribution is 7.92. The Morgan fingerprint density at radius 1 is 0.865 bits per heavy atom. The molecule has 3 rings (SSSR count). The number of sulfonamides is 1. The van der Waals surface area contributed by atoms with Gasteiger partial charge in [-0.2, -0.15) is 0 Å². The first-order valence-corrected chi connectivity index (χ1v) is 13.8. The van der Waals surface area contributed by atoms with Crippen LogP contribution in [0.3, 0.4) is 0 Å². The second kappa shape index (κ2) is 12.1. The number of nitrogens with one attached hydrogen (secondary N) is 1. The molecule has 0 aliphatic heterocycles. The van der Waals surface area contributed by atoms with Crippen LogP contribution in [0.25, 0.3) is 0 Å². The van der Waals surface area contributed by atoms with Crippen LogP contribution in [0.2, 0.25) is 0 Å². The van der Waals surface area contributed by atoms with E-state index >= 15 is 0 Å². The summed E-state index contributed by atoms with van der Waals surface area (Å²) in [5.41, 5.74) is 3.96. The number of hydrogen-bond acceptors (Lipinski definition) is 4. The Morgan fingerprint density at radius 2 is 1.49 bits per heavy atom. The molecule has 2 amide bonds. The lowest BCUT2D eigenvalue weighted by atomic mass is 10.1. The summed E-state index contributed by atoms with van der Waals surface area (Å²) in [6.07, 6.45) is 0. The molecular weight excluding hydrogens is 486 g/mol. The van der Waals surface area contributed by atoms with Crippen LogP contribution in [0.5, 0.6) is 0 Å². The average Bonchev–Trinajstić information content (AvgIpc) is 2.88. The number of amides is 2. The monoisotopic (exact) mass is 521 g/mol. The zero-order valence-corrected chi connectivity index (χ0v) is 22.9. The molecule has 3 aromatic rings. The fourth-order valence-corrected chi connectivity index (χ4v) is 5.61. The molecule has 8 heteroatoms. The summed E-state index contributed by atoms with van der Waals surface area (Å²) in [4.78, 5) is 28.2. The minimum atomic E-state index is -4.07. The lowest BCUT2D eigenvalue weighted by Gasteiger charge is -2.32. The van der Waals surface area contributed by atoms with E-state index in [1.54, 1.807) is 37.3 Å². The van der Waals surface area contributed by atoms with Crippen molar-refractivity contribution in [2.24, 2.45) is 0 Å². The molecule has 7 nitrogen and oxygen atoms in total. The SMILES string of the molecule is CCNC(=O)[C@@H](C)N(Cc1ccccc1C)C(=O)CN(c1cccc(C)c1C)S(=O)(=O)c1ccccc1. The lowest BCUT2D eigenvalue weighted by molar-refractivity contribution is -0.139. The summed E-state index contributed by atoms with van der Waals surface area (Å²) < 4.78 is 28.9. The fraction of sp³-hybridized carbons (Fsp3) is 0.310. The maximum atomic E-state index is 13.9. The van der Waals surface area contributed by atoms with Crippen molar-refractivity contribution in [3.05, 3.63) is 95.1 Å². The largest absolute Gasteiger partial charge is 0.355 e. The van der Waals surface area contributed by atoms with Crippen LogP contribution < -0.4 is 9.62 Å². The van der Waals surface area contributed by atoms with E-state index in [0.29, 0.717) is 12.2 Å². The Morgan fingerprint density at radius 3 is 2.14 bits per heavy atom. The molecule has 0 heterocycles. The number of carbonyl (C=O) groups excluding carboxylic acids is 2. The zero-order chi connectivity index (χ0) is 27.2. The van der Waals surface area contributed by atoms with E-state index in [4.69, 9.17) is 0 Å². The summed E-state index contributed by atoms with van der Waals surface area (Å²) >= 11 is 0. The van der Waals surface area contributed by atoms with Crippen molar-refractivity contribution in [1.82, 2.24) is 10.2 Å². The van der Waals surface area contributed by atoms with Crippen LogP contribution >= 0.6 is 0 Å². The van der Waals surface area contributed by atoms with E-state index in [9.17, 15) is 18.0 Å². The summed E-state index contributed by atoms with van der Waals surface area (Å²) in [6.45, 7) is 9.30. The van der Waals surface area contributed by atoms with Gasteiger partial charge in [0.05, 0.1) is 10.6 Å². The quantitative estimate of drug-likeness (QED) is 0.430. The first-order chi connectivity index (χ1) is 17.6. The van der Waals surface area contributed by atoms with Crippen molar-refractivity contribution in [2.75, 3.05) is 17.4 Å². The molecule has 0 saturated heterocycles. The summed E-state index contributed by atoms with van der Waals surface area (Å²) in [7, 11) is -4.07. The van der Waals surface area contributed by atoms with Crippen molar-refractivity contribution < 1.29 is 18.0 Å². The van der Waals surface area contributed by atoms with E-state index in [-0.39, 0.29) is 17.3 Å². The second-order valence-electron chi connectivity index (χ2n) is 9.06. The maximum Gasteiger partial charge on any atom is 0.264 e. The van der Waals surface area contributed by atoms with E-state index in [1.807, 2.05) is 58.0 Å². The van der Waals surface area contributed by atoms with Crippen LogP contribution in [-0.2, 0) is 26.2 Å². The smallest absolute Gasteiger partial charge is 0.264 e. The number of hydrogen-bond donors (Lipinski definition) is 1. The van der Waals surface area contributed by atoms with Gasteiger partial charge in [0.2, 0.25) is 11.8 Å². The average molecular weight is 522 g/mol. The number of likely N-dealkylation sites (N-methyl/N-ethyl adjacent to an activating group) is 1. The van der Waals surface area contributed by atoms with E-state index < -0.39 is 28.5 Å². The predicted molar refractivity (Wildman–Crippen MR) is 147 cm³/mol. The number of aryl methyl sites for hydroxylation is 2. The summed E-state index contributed by atoms with van der Waals surface area (Å²) in [6, 6.07) is 20.3. The van der Waals surface area contributed by atoms with E-state index in [0.717, 1.165) is 26.6 Å². The van der Waals surface area contributed by atoms with Crippen LogP contribution in [0.1, 0.15) is 36.1 Å². The number of nitrogens with zero attached hydrogens (tertiary/aromatic N) is 2. The molecule has 0 aromatic heterocycles. The molecule has 196 valence electrons. The standard InChI is InChI=1S/C29H35N3O4S/c1-6-30-29(34)24(5)31(19-25-15-11-10-13-22(25)3)28(33)20-32(27-18-12-14-21(2)23(27)4)37(35,36)26-16-8-7-9-17-26/h7-18,24H,6,19-20H2,1-5H3,(H,30,34)/t24-/m1/s1. The molecule has 0 radical (unpaired) electrons. The Balaban J connectivity index is 2.08. The van der Waals surface area contributed by atoms with Crippen molar-refractivity contribution in [3.63, 3.8) is 0 Å². The Hall–Kier alpha value is -3.65. The van der Waals surface area contributed by atoms with Crippen LogP contribution in [0.4, 0.5) is 5.69 Å². The van der Waals surface area contributed by atoms with Crippen LogP contribution in [0, 0.1) is 20.8 Å². The normalized spacial score (nSPS) is 12.0. The van der Waals surface area contributed by atoms with Gasteiger partial charge in [0, 0.05) is 13.1 Å². The third-order valence-corrected chi connectivity index (χ3v) is 8.35. The van der Waals surface area contributed by atoms with Gasteiger partial charge in [-0.05, 0) is 75.1 Å². The highest BCUT2D eigenvalue weighted by atomic mass is 32.2. The van der Waals surface area contributed by atoms with Crippen molar-refractivity contribution in [3.8, 4) is 0 Å². The van der Waals surface area contributed by atoms with Gasteiger partial charge in [-0.1, -0.05) is 54.6 Å². The fourth-order valence-electron chi connectivity index (χ4n) is 4.11. The van der Waals surface area contributed by atoms with Gasteiger partial charge in [-0.25, -0.2) is 8.42 Å². The molecule has 1 atom stereocenters. The first-order valence-electron chi connectivity index (χ1n) is 12.3. The van der Waals surface area contributed by atoms with Crippen molar-refractivity contribution in [1.29, 1.82) is 0 Å². The third-order valence-electron chi connectivity index (χ3n) is 6.58. The van der Waals surface area contributed by atoms with Gasteiger partial charge in [0.15, 0.2) is 0 Å². The first kappa shape index (κ1) is 27.9. The molecule has 0 aliphatic carbocycles. The van der Waals surface area contributed by atoms with E-state index in [1.165, 1.54) is 17.0 Å². The Bertz CT molecular complexity index is 1360. The van der Waals surface area contributed by atoms with Crippen LogP contribution in [0.15, 0.2) is 77.7 Å². The molecule has 3 aromatic carbocycles. The van der Waals surface area contributed by atoms with Crippen molar-refractivity contribution in [2.45, 2.75) is 52.1 Å². The molecule has 0 fully saturated rings. The van der Waals surface area contributed by atoms with Crippen molar-refractivity contribution >= 4 is 27.5 Å². The number of benzene rings is 3. The minimum absolute atomic E-state index is 0.0888. The summed E-state index contributed by atoms with van der Waals surface area (Å²) in [5, 5.41) is 2.77. The van der Waals surface area contributed by atoms with Gasteiger partial charge in [-0.15, -0.1) is 0 Å². The lowest BCUT2D eigenvalue weighted by Crippen LogP contribution is -2.51. The second-order valence-corrected chi connectivity index (χ2v) is 10.9. The van der Waals surface area contributed by atoms with Crippen LogP contribution in [-0.4, -0.2) is 44.3 Å². The summed E-state index contributed by atoms with van der Waals surface area (Å²) in [5.74, 6) is -0.768. The molecule has 0 spiro atoms. The molecule has 1 N–H and O–H groups in total. The molecule has 0 bridgehead atoms. The third kappa shape index (κ3) is 6.38. The van der Waals surface area contributed by atoms with Gasteiger partial charge in [-0.3, -0.25) is 13.9 Å². The highest BCUT2D eigenvalue weighted by Gasteiger charge is 2.33. The molecule has 0 aliphatic rings. The van der Waals surface area contributed by atoms with E-state index in [2.05, 4.69) is 5.32 Å². The topological polar surface area (TPSA) is 86.8 Å². The number of rotatable bonds is 10. The zero-order valence-electron chi connectivity index (χ0n) is 22.1. The molecule has 0 saturated carbocycles. The Kier molecular flexibility index (Phi) is 9.10. The van der Waals surface area contributed by atoms with Gasteiger partial charge >= 0.3 is 0 Å². The number of anilines is 1. The maximum absolute atomic E-state index is 13.9. The molecular formula is C29H35N3O4S. The highest BCUT2D eigenvalue weighted by Crippen LogP contribution is 2.29. The van der Waals surface area contributed by atoms with Gasteiger partial charge in [0.1, 0.15) is 12.6 Å².